The number of hydrogen-bond acceptors (Lipinski definition) is 6. The Hall–Kier alpha value is -4.24. The lowest BCUT2D eigenvalue weighted by molar-refractivity contribution is 0.0853. The molecule has 224 valence electrons. The molecular weight excluding hydrogens is 560 g/mol. The minimum Gasteiger partial charge on any atom is -0.467 e. The Kier molecular flexibility index (Phi) is 8.29. The number of sulfonamides is 1. The minimum atomic E-state index is -4.12. The average Bonchev–Trinajstić information content (AvgIpc) is 2.95. The number of carbonyl (C=O) groups excluding carboxylic acids is 1. The fourth-order valence-electron chi connectivity index (χ4n) is 5.41. The molecule has 1 aliphatic rings. The Morgan fingerprint density at radius 3 is 2.23 bits per heavy atom. The fraction of sp³-hybridized carbons (Fsp3) is 0.324. The van der Waals surface area contributed by atoms with E-state index in [0.29, 0.717) is 12.1 Å². The van der Waals surface area contributed by atoms with Gasteiger partial charge in [-0.3, -0.25) is 4.79 Å². The summed E-state index contributed by atoms with van der Waals surface area (Å²) in [5, 5.41) is 3.14. The number of aryl methyl sites for hydroxylation is 2. The molecule has 2 N–H and O–H groups in total. The van der Waals surface area contributed by atoms with Gasteiger partial charge in [-0.25, -0.2) is 18.1 Å². The Morgan fingerprint density at radius 1 is 0.907 bits per heavy atom. The van der Waals surface area contributed by atoms with Gasteiger partial charge in [0, 0.05) is 17.2 Å². The first-order valence-electron chi connectivity index (χ1n) is 14.5. The van der Waals surface area contributed by atoms with Crippen LogP contribution in [0.4, 0.5) is 5.95 Å². The van der Waals surface area contributed by atoms with Crippen LogP contribution in [-0.4, -0.2) is 30.3 Å². The minimum absolute atomic E-state index is 0.0365. The van der Waals surface area contributed by atoms with Crippen LogP contribution >= 0.6 is 0 Å². The van der Waals surface area contributed by atoms with Crippen molar-refractivity contribution in [3.63, 3.8) is 0 Å². The molecule has 0 unspecified atom stereocenters. The molecule has 0 saturated carbocycles. The van der Waals surface area contributed by atoms with Crippen LogP contribution in [0.15, 0.2) is 77.7 Å². The SMILES string of the molecule is CCC[C@H]1NC(=O)c2cccc(c2)S(=O)(=O)Nc2nc(cc(-c3c(C)cccc3C)n2)O[C@@H]1c1ccc(C(C)(C)C)cc1. The first kappa shape index (κ1) is 30.2. The summed E-state index contributed by atoms with van der Waals surface area (Å²) in [5.74, 6) is -0.312. The Labute approximate surface area is 254 Å². The molecule has 1 aliphatic heterocycles. The number of rotatable bonds is 4. The van der Waals surface area contributed by atoms with Crippen LogP contribution in [0.25, 0.3) is 11.3 Å². The van der Waals surface area contributed by atoms with E-state index in [4.69, 9.17) is 4.74 Å². The van der Waals surface area contributed by atoms with E-state index in [-0.39, 0.29) is 33.6 Å². The van der Waals surface area contributed by atoms with Gasteiger partial charge < -0.3 is 10.1 Å². The van der Waals surface area contributed by atoms with Crippen molar-refractivity contribution < 1.29 is 17.9 Å². The average molecular weight is 599 g/mol. The molecule has 43 heavy (non-hydrogen) atoms. The number of fused-ring (bicyclic) bond motifs is 4. The monoisotopic (exact) mass is 598 g/mol. The summed E-state index contributed by atoms with van der Waals surface area (Å²) in [6.07, 6.45) is 0.783. The topological polar surface area (TPSA) is 110 Å². The smallest absolute Gasteiger partial charge is 0.264 e. The Morgan fingerprint density at radius 2 is 1.58 bits per heavy atom. The molecule has 2 atom stereocenters. The molecule has 0 radical (unpaired) electrons. The molecule has 4 bridgehead atoms. The Balaban J connectivity index is 1.73. The molecule has 0 spiro atoms. The van der Waals surface area contributed by atoms with Crippen molar-refractivity contribution in [1.82, 2.24) is 15.3 Å². The summed E-state index contributed by atoms with van der Waals surface area (Å²) in [6, 6.07) is 21.4. The Bertz CT molecular complexity index is 1740. The molecular formula is C34H38N4O4S. The fourth-order valence-corrected chi connectivity index (χ4v) is 6.40. The summed E-state index contributed by atoms with van der Waals surface area (Å²) in [7, 11) is -4.12. The van der Waals surface area contributed by atoms with Gasteiger partial charge in [-0.15, -0.1) is 0 Å². The number of carbonyl (C=O) groups is 1. The van der Waals surface area contributed by atoms with Gasteiger partial charge in [0.15, 0.2) is 0 Å². The van der Waals surface area contributed by atoms with Crippen LogP contribution in [0.2, 0.25) is 0 Å². The van der Waals surface area contributed by atoms with Crippen molar-refractivity contribution >= 4 is 21.9 Å². The zero-order valence-electron chi connectivity index (χ0n) is 25.4. The lowest BCUT2D eigenvalue weighted by atomic mass is 9.86. The van der Waals surface area contributed by atoms with E-state index in [1.807, 2.05) is 51.1 Å². The lowest BCUT2D eigenvalue weighted by Gasteiger charge is -2.29. The van der Waals surface area contributed by atoms with E-state index in [1.54, 1.807) is 18.2 Å². The van der Waals surface area contributed by atoms with E-state index in [9.17, 15) is 13.2 Å². The highest BCUT2D eigenvalue weighted by Gasteiger charge is 2.30. The molecule has 0 fully saturated rings. The maximum atomic E-state index is 13.5. The van der Waals surface area contributed by atoms with Gasteiger partial charge in [-0.2, -0.15) is 4.98 Å². The van der Waals surface area contributed by atoms with Crippen molar-refractivity contribution in [2.45, 2.75) is 76.8 Å². The predicted molar refractivity (Wildman–Crippen MR) is 169 cm³/mol. The molecule has 1 amide bonds. The van der Waals surface area contributed by atoms with Crippen molar-refractivity contribution in [2.75, 3.05) is 4.72 Å². The number of aromatic nitrogens is 2. The van der Waals surface area contributed by atoms with E-state index >= 15 is 0 Å². The molecule has 9 heteroatoms. The third-order valence-electron chi connectivity index (χ3n) is 7.71. The molecule has 0 saturated heterocycles. The normalized spacial score (nSPS) is 18.2. The molecule has 4 aromatic rings. The first-order valence-corrected chi connectivity index (χ1v) is 16.0. The van der Waals surface area contributed by atoms with Gasteiger partial charge in [0.05, 0.1) is 16.6 Å². The van der Waals surface area contributed by atoms with Crippen LogP contribution in [0.5, 0.6) is 5.88 Å². The van der Waals surface area contributed by atoms with E-state index < -0.39 is 22.2 Å². The molecule has 2 heterocycles. The highest BCUT2D eigenvalue weighted by atomic mass is 32.2. The van der Waals surface area contributed by atoms with Crippen molar-refractivity contribution in [1.29, 1.82) is 0 Å². The highest BCUT2D eigenvalue weighted by molar-refractivity contribution is 7.92. The molecule has 8 nitrogen and oxygen atoms in total. The van der Waals surface area contributed by atoms with Gasteiger partial charge in [-0.05, 0) is 66.1 Å². The van der Waals surface area contributed by atoms with Crippen molar-refractivity contribution in [2.24, 2.45) is 0 Å². The number of hydrogen-bond donors (Lipinski definition) is 2. The second kappa shape index (κ2) is 11.8. The number of benzene rings is 3. The third kappa shape index (κ3) is 6.57. The van der Waals surface area contributed by atoms with Gasteiger partial charge in [-0.1, -0.05) is 82.6 Å². The number of ether oxygens (including phenoxy) is 1. The number of nitrogens with zero attached hydrogens (tertiary/aromatic N) is 2. The van der Waals surface area contributed by atoms with E-state index in [1.165, 1.54) is 17.7 Å². The van der Waals surface area contributed by atoms with Gasteiger partial charge >= 0.3 is 0 Å². The van der Waals surface area contributed by atoms with Gasteiger partial charge in [0.2, 0.25) is 11.8 Å². The summed E-state index contributed by atoms with van der Waals surface area (Å²) in [5.41, 5.74) is 5.59. The summed E-state index contributed by atoms with van der Waals surface area (Å²) >= 11 is 0. The lowest BCUT2D eigenvalue weighted by Crippen LogP contribution is -2.41. The number of nitrogens with one attached hydrogen (secondary N) is 2. The van der Waals surface area contributed by atoms with Crippen LogP contribution in [-0.2, 0) is 15.4 Å². The van der Waals surface area contributed by atoms with Crippen LogP contribution in [0, 0.1) is 13.8 Å². The van der Waals surface area contributed by atoms with E-state index in [0.717, 1.165) is 28.7 Å². The molecule has 3 aromatic carbocycles. The van der Waals surface area contributed by atoms with Gasteiger partial charge in [0.1, 0.15) is 6.10 Å². The highest BCUT2D eigenvalue weighted by Crippen LogP contribution is 2.34. The van der Waals surface area contributed by atoms with Crippen LogP contribution < -0.4 is 14.8 Å². The van der Waals surface area contributed by atoms with Crippen molar-refractivity contribution in [3.05, 3.63) is 101 Å². The molecule has 1 aromatic heterocycles. The zero-order valence-corrected chi connectivity index (χ0v) is 26.2. The molecule has 5 rings (SSSR count). The van der Waals surface area contributed by atoms with Gasteiger partial charge in [0.25, 0.3) is 15.9 Å². The molecule has 0 aliphatic carbocycles. The second-order valence-corrected chi connectivity index (χ2v) is 13.8. The predicted octanol–water partition coefficient (Wildman–Crippen LogP) is 6.89. The summed E-state index contributed by atoms with van der Waals surface area (Å²) < 4.78 is 36.1. The summed E-state index contributed by atoms with van der Waals surface area (Å²) in [6.45, 7) is 12.5. The van der Waals surface area contributed by atoms with Crippen LogP contribution in [0.1, 0.15) is 79.3 Å². The zero-order chi connectivity index (χ0) is 30.9. The number of amides is 1. The maximum absolute atomic E-state index is 13.5. The first-order chi connectivity index (χ1) is 20.4. The quantitative estimate of drug-likeness (QED) is 0.265. The second-order valence-electron chi connectivity index (χ2n) is 12.1. The number of anilines is 1. The third-order valence-corrected chi connectivity index (χ3v) is 9.03. The largest absolute Gasteiger partial charge is 0.467 e. The summed E-state index contributed by atoms with van der Waals surface area (Å²) in [4.78, 5) is 22.6. The van der Waals surface area contributed by atoms with Crippen molar-refractivity contribution in [3.8, 4) is 17.1 Å². The van der Waals surface area contributed by atoms with Crippen LogP contribution in [0.3, 0.4) is 0 Å². The maximum Gasteiger partial charge on any atom is 0.264 e. The standard InChI is InChI=1S/C34H38N4O4S/c1-7-10-27-31(23-15-17-25(18-16-23)34(4,5)6)42-29-20-28(30-21(2)11-8-12-22(30)3)36-33(37-29)38-43(40,41)26-14-9-13-24(19-26)32(39)35-27/h8-9,11-20,27,31H,7,10H2,1-6H3,(H,35,39)(H,36,37,38)/t27-,31-/m1/s1. The van der Waals surface area contributed by atoms with E-state index in [2.05, 4.69) is 52.9 Å².